The smallest absolute Gasteiger partial charge is 0.335 e. The number of amides is 2. The van der Waals surface area contributed by atoms with Crippen LogP contribution in [0.3, 0.4) is 0 Å². The lowest BCUT2D eigenvalue weighted by atomic mass is 9.87. The summed E-state index contributed by atoms with van der Waals surface area (Å²) in [6, 6.07) is 2.72. The maximum atomic E-state index is 12.8. The normalized spacial score (nSPS) is 13.7. The third-order valence-corrected chi connectivity index (χ3v) is 4.74. The van der Waals surface area contributed by atoms with Gasteiger partial charge in [-0.2, -0.15) is 0 Å². The van der Waals surface area contributed by atoms with Crippen LogP contribution in [0.2, 0.25) is 0 Å². The zero-order valence-electron chi connectivity index (χ0n) is 14.9. The van der Waals surface area contributed by atoms with Gasteiger partial charge in [0.05, 0.1) is 16.6 Å². The first-order valence-electron chi connectivity index (χ1n) is 7.81. The number of carbonyl (C=O) groups excluding carboxylic acids is 2. The van der Waals surface area contributed by atoms with Crippen molar-refractivity contribution in [1.82, 2.24) is 14.9 Å². The Morgan fingerprint density at radius 3 is 2.40 bits per heavy atom. The van der Waals surface area contributed by atoms with Crippen LogP contribution in [-0.2, 0) is 11.8 Å². The van der Waals surface area contributed by atoms with E-state index in [4.69, 9.17) is 5.73 Å². The molecule has 0 radical (unpaired) electrons. The molecule has 0 aliphatic rings. The second-order valence-electron chi connectivity index (χ2n) is 6.59. The van der Waals surface area contributed by atoms with E-state index in [0.717, 1.165) is 0 Å². The summed E-state index contributed by atoms with van der Waals surface area (Å²) in [5.74, 6) is -2.04. The second-order valence-corrected chi connectivity index (χ2v) is 6.59. The minimum atomic E-state index is -1.27. The van der Waals surface area contributed by atoms with Crippen molar-refractivity contribution in [1.29, 1.82) is 0 Å². The van der Waals surface area contributed by atoms with Gasteiger partial charge in [0.1, 0.15) is 16.9 Å². The number of carboxylic acid groups (broad SMARTS) is 1. The van der Waals surface area contributed by atoms with Gasteiger partial charge in [0, 0.05) is 7.05 Å². The molecule has 0 saturated carbocycles. The van der Waals surface area contributed by atoms with Crippen molar-refractivity contribution in [2.45, 2.75) is 33.2 Å². The number of imidazole rings is 1. The summed E-state index contributed by atoms with van der Waals surface area (Å²) >= 11 is 0. The molecule has 134 valence electrons. The molecular formula is C17H22N4O4. The molecule has 1 unspecified atom stereocenters. The molecule has 0 spiro atoms. The summed E-state index contributed by atoms with van der Waals surface area (Å²) in [6.45, 7) is 6.82. The number of nitrogens with two attached hydrogens (primary N) is 1. The molecule has 1 aromatic carbocycles. The van der Waals surface area contributed by atoms with Crippen molar-refractivity contribution in [2.75, 3.05) is 0 Å². The van der Waals surface area contributed by atoms with E-state index in [1.54, 1.807) is 39.3 Å². The lowest BCUT2D eigenvalue weighted by Gasteiger charge is -2.31. The molecule has 25 heavy (non-hydrogen) atoms. The number of rotatable bonds is 5. The van der Waals surface area contributed by atoms with Gasteiger partial charge in [0.15, 0.2) is 0 Å². The number of primary amides is 1. The Labute approximate surface area is 145 Å². The third kappa shape index (κ3) is 3.07. The van der Waals surface area contributed by atoms with Crippen LogP contribution in [0.1, 0.15) is 47.3 Å². The molecule has 4 N–H and O–H groups in total. The van der Waals surface area contributed by atoms with Crippen LogP contribution in [0.15, 0.2) is 12.1 Å². The predicted molar refractivity (Wildman–Crippen MR) is 92.3 cm³/mol. The Bertz CT molecular complexity index is 884. The van der Waals surface area contributed by atoms with Crippen LogP contribution in [0, 0.1) is 12.8 Å². The molecule has 2 rings (SSSR count). The van der Waals surface area contributed by atoms with E-state index >= 15 is 0 Å². The zero-order valence-corrected chi connectivity index (χ0v) is 14.9. The van der Waals surface area contributed by atoms with E-state index in [1.165, 1.54) is 12.1 Å². The van der Waals surface area contributed by atoms with E-state index in [2.05, 4.69) is 10.3 Å². The Morgan fingerprint density at radius 1 is 1.32 bits per heavy atom. The van der Waals surface area contributed by atoms with Gasteiger partial charge in [-0.25, -0.2) is 9.78 Å². The van der Waals surface area contributed by atoms with E-state index in [9.17, 15) is 19.5 Å². The van der Waals surface area contributed by atoms with Gasteiger partial charge < -0.3 is 20.7 Å². The lowest BCUT2D eigenvalue weighted by Crippen LogP contribution is -2.58. The number of nitrogens with one attached hydrogen (secondary N) is 1. The fourth-order valence-corrected chi connectivity index (χ4v) is 2.49. The van der Waals surface area contributed by atoms with Crippen LogP contribution in [0.5, 0.6) is 0 Å². The standard InChI is InChI=1S/C17H22N4O4/c1-8(2)17(4,16(18)25)20-14(22)11-6-10(15(23)24)7-12-13(11)19-9(3)21(12)5/h6-8H,1-5H3,(H2,18,25)(H,20,22)(H,23,24). The Kier molecular flexibility index (Phi) is 4.57. The fraction of sp³-hybridized carbons (Fsp3) is 0.412. The Hall–Kier alpha value is -2.90. The summed E-state index contributed by atoms with van der Waals surface area (Å²) in [7, 11) is 1.74. The topological polar surface area (TPSA) is 127 Å². The van der Waals surface area contributed by atoms with Gasteiger partial charge in [-0.3, -0.25) is 9.59 Å². The van der Waals surface area contributed by atoms with E-state index in [0.29, 0.717) is 16.9 Å². The van der Waals surface area contributed by atoms with Gasteiger partial charge in [0.2, 0.25) is 5.91 Å². The highest BCUT2D eigenvalue weighted by Crippen LogP contribution is 2.24. The number of aromatic nitrogens is 2. The quantitative estimate of drug-likeness (QED) is 0.750. The molecule has 1 atom stereocenters. The Balaban J connectivity index is 2.63. The molecule has 0 aliphatic heterocycles. The molecule has 0 fully saturated rings. The molecule has 1 heterocycles. The molecule has 8 heteroatoms. The van der Waals surface area contributed by atoms with E-state index < -0.39 is 23.3 Å². The van der Waals surface area contributed by atoms with Gasteiger partial charge in [-0.15, -0.1) is 0 Å². The van der Waals surface area contributed by atoms with Gasteiger partial charge in [0.25, 0.3) is 5.91 Å². The third-order valence-electron chi connectivity index (χ3n) is 4.74. The highest BCUT2D eigenvalue weighted by Gasteiger charge is 2.37. The average molecular weight is 346 g/mol. The van der Waals surface area contributed by atoms with Crippen LogP contribution in [0.25, 0.3) is 11.0 Å². The van der Waals surface area contributed by atoms with Crippen molar-refractivity contribution >= 4 is 28.8 Å². The van der Waals surface area contributed by atoms with Crippen molar-refractivity contribution in [3.05, 3.63) is 29.1 Å². The number of aromatic carboxylic acids is 1. The maximum Gasteiger partial charge on any atom is 0.335 e. The highest BCUT2D eigenvalue weighted by atomic mass is 16.4. The number of aryl methyl sites for hydroxylation is 2. The molecule has 2 aromatic rings. The first kappa shape index (κ1) is 18.4. The Morgan fingerprint density at radius 2 is 1.92 bits per heavy atom. The van der Waals surface area contributed by atoms with Crippen LogP contribution in [-0.4, -0.2) is 38.0 Å². The summed E-state index contributed by atoms with van der Waals surface area (Å²) < 4.78 is 1.70. The summed E-state index contributed by atoms with van der Waals surface area (Å²) in [6.07, 6.45) is 0. The van der Waals surface area contributed by atoms with Crippen LogP contribution in [0.4, 0.5) is 0 Å². The number of hydrogen-bond acceptors (Lipinski definition) is 4. The number of benzene rings is 1. The van der Waals surface area contributed by atoms with Crippen LogP contribution >= 0.6 is 0 Å². The number of nitrogens with zero attached hydrogens (tertiary/aromatic N) is 2. The zero-order chi connectivity index (χ0) is 19.1. The second kappa shape index (κ2) is 6.19. The molecule has 1 aromatic heterocycles. The van der Waals surface area contributed by atoms with Crippen molar-refractivity contribution in [3.63, 3.8) is 0 Å². The first-order chi connectivity index (χ1) is 11.5. The van der Waals surface area contributed by atoms with E-state index in [1.807, 2.05) is 0 Å². The minimum absolute atomic E-state index is 0.0361. The largest absolute Gasteiger partial charge is 0.478 e. The first-order valence-corrected chi connectivity index (χ1v) is 7.81. The van der Waals surface area contributed by atoms with Crippen molar-refractivity contribution < 1.29 is 19.5 Å². The lowest BCUT2D eigenvalue weighted by molar-refractivity contribution is -0.125. The summed E-state index contributed by atoms with van der Waals surface area (Å²) in [4.78, 5) is 40.4. The van der Waals surface area contributed by atoms with Crippen molar-refractivity contribution in [3.8, 4) is 0 Å². The monoisotopic (exact) mass is 346 g/mol. The molecule has 2 amide bonds. The molecule has 0 bridgehead atoms. The minimum Gasteiger partial charge on any atom is -0.478 e. The predicted octanol–water partition coefficient (Wildman–Crippen LogP) is 1.21. The van der Waals surface area contributed by atoms with E-state index in [-0.39, 0.29) is 17.0 Å². The highest BCUT2D eigenvalue weighted by molar-refractivity contribution is 6.09. The van der Waals surface area contributed by atoms with Gasteiger partial charge in [-0.1, -0.05) is 13.8 Å². The molecule has 0 saturated heterocycles. The summed E-state index contributed by atoms with van der Waals surface area (Å²) in [5, 5.41) is 12.0. The SMILES string of the molecule is Cc1nc2c(C(=O)NC(C)(C(N)=O)C(C)C)cc(C(=O)O)cc2n1C. The molecular weight excluding hydrogens is 324 g/mol. The number of fused-ring (bicyclic) bond motifs is 1. The summed E-state index contributed by atoms with van der Waals surface area (Å²) in [5.41, 5.74) is 5.13. The van der Waals surface area contributed by atoms with Gasteiger partial charge in [-0.05, 0) is 31.9 Å². The maximum absolute atomic E-state index is 12.8. The van der Waals surface area contributed by atoms with Crippen molar-refractivity contribution in [2.24, 2.45) is 18.7 Å². The van der Waals surface area contributed by atoms with Crippen LogP contribution < -0.4 is 11.1 Å². The molecule has 8 nitrogen and oxygen atoms in total. The number of carbonyl (C=O) groups is 3. The fourth-order valence-electron chi connectivity index (χ4n) is 2.49. The average Bonchev–Trinajstić information content (AvgIpc) is 2.80. The number of carboxylic acids is 1. The number of hydrogen-bond donors (Lipinski definition) is 3. The molecule has 0 aliphatic carbocycles. The van der Waals surface area contributed by atoms with Gasteiger partial charge >= 0.3 is 5.97 Å².